The van der Waals surface area contributed by atoms with Crippen molar-refractivity contribution in [2.24, 2.45) is 0 Å². The van der Waals surface area contributed by atoms with Gasteiger partial charge < -0.3 is 10.1 Å². The van der Waals surface area contributed by atoms with Crippen LogP contribution in [0.25, 0.3) is 0 Å². The van der Waals surface area contributed by atoms with Crippen molar-refractivity contribution >= 4 is 5.91 Å². The van der Waals surface area contributed by atoms with E-state index >= 15 is 0 Å². The highest BCUT2D eigenvalue weighted by Crippen LogP contribution is 2.10. The fourth-order valence-electron chi connectivity index (χ4n) is 1.74. The summed E-state index contributed by atoms with van der Waals surface area (Å²) in [6, 6.07) is 8.46. The molecule has 0 bridgehead atoms. The van der Waals surface area contributed by atoms with Gasteiger partial charge >= 0.3 is 0 Å². The van der Waals surface area contributed by atoms with Crippen molar-refractivity contribution in [1.82, 2.24) is 15.1 Å². The maximum atomic E-state index is 12.7. The molecule has 0 aliphatic carbocycles. The smallest absolute Gasteiger partial charge is 0.266 e. The third kappa shape index (κ3) is 4.69. The molecule has 1 heterocycles. The first-order valence-electron chi connectivity index (χ1n) is 6.74. The van der Waals surface area contributed by atoms with Crippen molar-refractivity contribution in [3.05, 3.63) is 58.3 Å². The minimum absolute atomic E-state index is 0.179. The summed E-state index contributed by atoms with van der Waals surface area (Å²) in [5, 5.41) is 6.68. The second-order valence-corrected chi connectivity index (χ2v) is 4.63. The Kier molecular flexibility index (Phi) is 5.24. The number of aryl methyl sites for hydroxylation is 1. The Morgan fingerprint density at radius 1 is 1.27 bits per heavy atom. The molecule has 6 nitrogen and oxygen atoms in total. The zero-order valence-corrected chi connectivity index (χ0v) is 12.1. The minimum Gasteiger partial charge on any atom is -0.484 e. The predicted molar refractivity (Wildman–Crippen MR) is 78.1 cm³/mol. The molecule has 116 valence electrons. The fourth-order valence-corrected chi connectivity index (χ4v) is 1.74. The first kappa shape index (κ1) is 15.7. The molecule has 2 aromatic rings. The highest BCUT2D eigenvalue weighted by Gasteiger charge is 2.04. The molecule has 0 radical (unpaired) electrons. The van der Waals surface area contributed by atoms with Crippen LogP contribution >= 0.6 is 0 Å². The van der Waals surface area contributed by atoms with Crippen LogP contribution in [0.2, 0.25) is 0 Å². The standard InChI is InChI=1S/C15H16FN3O3/c1-11-2-7-15(21)19(18-11)9-8-17-14(20)10-22-13-5-3-12(16)4-6-13/h2-7H,8-10H2,1H3,(H,17,20). The molecule has 0 unspecified atom stereocenters. The van der Waals surface area contributed by atoms with Crippen LogP contribution in [0, 0.1) is 12.7 Å². The average molecular weight is 305 g/mol. The zero-order valence-electron chi connectivity index (χ0n) is 12.1. The fraction of sp³-hybridized carbons (Fsp3) is 0.267. The largest absolute Gasteiger partial charge is 0.484 e. The second kappa shape index (κ2) is 7.35. The van der Waals surface area contributed by atoms with Gasteiger partial charge in [-0.3, -0.25) is 9.59 Å². The van der Waals surface area contributed by atoms with Gasteiger partial charge in [0.05, 0.1) is 12.2 Å². The van der Waals surface area contributed by atoms with Crippen LogP contribution in [-0.2, 0) is 11.3 Å². The average Bonchev–Trinajstić information content (AvgIpc) is 2.50. The lowest BCUT2D eigenvalue weighted by Gasteiger charge is -2.08. The lowest BCUT2D eigenvalue weighted by atomic mass is 10.3. The van der Waals surface area contributed by atoms with Crippen LogP contribution in [-0.4, -0.2) is 28.8 Å². The summed E-state index contributed by atoms with van der Waals surface area (Å²) in [7, 11) is 0. The highest BCUT2D eigenvalue weighted by atomic mass is 19.1. The molecule has 1 aromatic carbocycles. The molecule has 0 saturated heterocycles. The molecule has 7 heteroatoms. The molecule has 0 aliphatic rings. The van der Waals surface area contributed by atoms with E-state index in [0.29, 0.717) is 5.75 Å². The number of benzene rings is 1. The number of halogens is 1. The van der Waals surface area contributed by atoms with E-state index in [4.69, 9.17) is 4.74 Å². The summed E-state index contributed by atoms with van der Waals surface area (Å²) in [5.41, 5.74) is 0.507. The van der Waals surface area contributed by atoms with Gasteiger partial charge in [0, 0.05) is 12.6 Å². The van der Waals surface area contributed by atoms with Gasteiger partial charge in [0.15, 0.2) is 6.61 Å². The van der Waals surface area contributed by atoms with Gasteiger partial charge in [-0.1, -0.05) is 0 Å². The predicted octanol–water partition coefficient (Wildman–Crippen LogP) is 0.886. The van der Waals surface area contributed by atoms with Crippen molar-refractivity contribution in [3.8, 4) is 5.75 Å². The molecule has 1 aromatic heterocycles. The SMILES string of the molecule is Cc1ccc(=O)n(CCNC(=O)COc2ccc(F)cc2)n1. The monoisotopic (exact) mass is 305 g/mol. The lowest BCUT2D eigenvalue weighted by Crippen LogP contribution is -2.34. The maximum Gasteiger partial charge on any atom is 0.266 e. The number of nitrogens with one attached hydrogen (secondary N) is 1. The van der Waals surface area contributed by atoms with Crippen molar-refractivity contribution in [2.45, 2.75) is 13.5 Å². The van der Waals surface area contributed by atoms with Crippen molar-refractivity contribution in [1.29, 1.82) is 0 Å². The second-order valence-electron chi connectivity index (χ2n) is 4.63. The summed E-state index contributed by atoms with van der Waals surface area (Å²) >= 11 is 0. The Morgan fingerprint density at radius 2 is 2.00 bits per heavy atom. The number of hydrogen-bond acceptors (Lipinski definition) is 4. The summed E-state index contributed by atoms with van der Waals surface area (Å²) < 4.78 is 19.2. The Morgan fingerprint density at radius 3 is 2.73 bits per heavy atom. The van der Waals surface area contributed by atoms with Gasteiger partial charge in [0.1, 0.15) is 11.6 Å². The van der Waals surface area contributed by atoms with E-state index in [1.165, 1.54) is 35.0 Å². The third-order valence-corrected chi connectivity index (χ3v) is 2.83. The summed E-state index contributed by atoms with van der Waals surface area (Å²) in [5.74, 6) is -0.286. The van der Waals surface area contributed by atoms with Gasteiger partial charge in [-0.05, 0) is 37.3 Å². The molecule has 0 saturated carbocycles. The molecule has 0 fully saturated rings. The highest BCUT2D eigenvalue weighted by molar-refractivity contribution is 5.77. The molecule has 2 rings (SSSR count). The summed E-state index contributed by atoms with van der Waals surface area (Å²) in [4.78, 5) is 23.1. The van der Waals surface area contributed by atoms with E-state index in [0.717, 1.165) is 5.69 Å². The van der Waals surface area contributed by atoms with Gasteiger partial charge in [-0.25, -0.2) is 9.07 Å². The van der Waals surface area contributed by atoms with Gasteiger partial charge in [0.25, 0.3) is 11.5 Å². The number of rotatable bonds is 6. The third-order valence-electron chi connectivity index (χ3n) is 2.83. The van der Waals surface area contributed by atoms with Crippen LogP contribution in [0.5, 0.6) is 5.75 Å². The van der Waals surface area contributed by atoms with Gasteiger partial charge in [-0.15, -0.1) is 0 Å². The number of carbonyl (C=O) groups is 1. The molecule has 0 spiro atoms. The Hall–Kier alpha value is -2.70. The number of aromatic nitrogens is 2. The quantitative estimate of drug-likeness (QED) is 0.860. The van der Waals surface area contributed by atoms with E-state index in [1.807, 2.05) is 0 Å². The maximum absolute atomic E-state index is 12.7. The van der Waals surface area contributed by atoms with E-state index in [1.54, 1.807) is 13.0 Å². The Bertz CT molecular complexity index is 698. The molecule has 1 amide bonds. The molecule has 22 heavy (non-hydrogen) atoms. The van der Waals surface area contributed by atoms with Crippen LogP contribution in [0.15, 0.2) is 41.2 Å². The van der Waals surface area contributed by atoms with Crippen LogP contribution < -0.4 is 15.6 Å². The number of nitrogens with zero attached hydrogens (tertiary/aromatic N) is 2. The van der Waals surface area contributed by atoms with Crippen LogP contribution in [0.4, 0.5) is 4.39 Å². The molecule has 0 aliphatic heterocycles. The van der Waals surface area contributed by atoms with Crippen molar-refractivity contribution < 1.29 is 13.9 Å². The first-order chi connectivity index (χ1) is 10.5. The molecular formula is C15H16FN3O3. The van der Waals surface area contributed by atoms with Crippen LogP contribution in [0.3, 0.4) is 0 Å². The Balaban J connectivity index is 1.75. The number of amides is 1. The van der Waals surface area contributed by atoms with Crippen molar-refractivity contribution in [3.63, 3.8) is 0 Å². The summed E-state index contributed by atoms with van der Waals surface area (Å²) in [6.45, 7) is 2.15. The molecule has 1 N–H and O–H groups in total. The van der Waals surface area contributed by atoms with E-state index < -0.39 is 0 Å². The normalized spacial score (nSPS) is 10.3. The number of carbonyl (C=O) groups excluding carboxylic acids is 1. The lowest BCUT2D eigenvalue weighted by molar-refractivity contribution is -0.123. The van der Waals surface area contributed by atoms with E-state index in [-0.39, 0.29) is 37.0 Å². The topological polar surface area (TPSA) is 73.2 Å². The van der Waals surface area contributed by atoms with Gasteiger partial charge in [0.2, 0.25) is 0 Å². The molecule has 0 atom stereocenters. The van der Waals surface area contributed by atoms with Crippen molar-refractivity contribution in [2.75, 3.05) is 13.2 Å². The minimum atomic E-state index is -0.368. The van der Waals surface area contributed by atoms with E-state index in [2.05, 4.69) is 10.4 Å². The first-order valence-corrected chi connectivity index (χ1v) is 6.74. The summed E-state index contributed by atoms with van der Waals surface area (Å²) in [6.07, 6.45) is 0. The zero-order chi connectivity index (χ0) is 15.9. The van der Waals surface area contributed by atoms with Gasteiger partial charge in [-0.2, -0.15) is 5.10 Å². The number of hydrogen-bond donors (Lipinski definition) is 1. The van der Waals surface area contributed by atoms with Crippen LogP contribution in [0.1, 0.15) is 5.69 Å². The van der Waals surface area contributed by atoms with E-state index in [9.17, 15) is 14.0 Å². The number of ether oxygens (including phenoxy) is 1. The Labute approximate surface area is 126 Å². The molecular weight excluding hydrogens is 289 g/mol.